The molecule has 6 heteroatoms. The van der Waals surface area contributed by atoms with Crippen molar-refractivity contribution in [2.75, 3.05) is 5.32 Å². The molecule has 1 amide bonds. The molecule has 0 aliphatic carbocycles. The van der Waals surface area contributed by atoms with Crippen molar-refractivity contribution in [3.63, 3.8) is 0 Å². The van der Waals surface area contributed by atoms with E-state index in [0.717, 1.165) is 14.5 Å². The minimum Gasteiger partial charge on any atom is -0.487 e. The lowest BCUT2D eigenvalue weighted by molar-refractivity contribution is -0.112. The summed E-state index contributed by atoms with van der Waals surface area (Å²) in [6.45, 7) is 0.361. The molecule has 0 fully saturated rings. The number of rotatable bonds is 6. The molecule has 0 aliphatic rings. The summed E-state index contributed by atoms with van der Waals surface area (Å²) in [5.41, 5.74) is 2.22. The van der Waals surface area contributed by atoms with Crippen LogP contribution < -0.4 is 10.1 Å². The topological polar surface area (TPSA) is 62.1 Å². The summed E-state index contributed by atoms with van der Waals surface area (Å²) in [6, 6.07) is 24.4. The molecule has 0 heterocycles. The summed E-state index contributed by atoms with van der Waals surface area (Å²) in [5, 5.41) is 12.3. The highest BCUT2D eigenvalue weighted by molar-refractivity contribution is 9.11. The number of nitrogens with one attached hydrogen (secondary N) is 1. The molecule has 0 unspecified atom stereocenters. The summed E-state index contributed by atoms with van der Waals surface area (Å²) >= 11 is 6.95. The van der Waals surface area contributed by atoms with Crippen molar-refractivity contribution >= 4 is 49.5 Å². The Balaban J connectivity index is 1.89. The fraction of sp³-hybridized carbons (Fsp3) is 0.0435. The van der Waals surface area contributed by atoms with Gasteiger partial charge in [-0.3, -0.25) is 4.79 Å². The van der Waals surface area contributed by atoms with Gasteiger partial charge in [0, 0.05) is 15.7 Å². The number of nitrogens with zero attached hydrogens (tertiary/aromatic N) is 1. The zero-order chi connectivity index (χ0) is 20.6. The average molecular weight is 512 g/mol. The molecule has 3 aromatic rings. The van der Waals surface area contributed by atoms with E-state index in [1.807, 2.05) is 60.7 Å². The zero-order valence-corrected chi connectivity index (χ0v) is 18.4. The lowest BCUT2D eigenvalue weighted by atomic mass is 10.1. The third-order valence-electron chi connectivity index (χ3n) is 3.96. The molecular formula is C23H16Br2N2O2. The Bertz CT molecular complexity index is 1080. The number of carbonyl (C=O) groups excluding carboxylic acids is 1. The molecule has 0 atom stereocenters. The van der Waals surface area contributed by atoms with Gasteiger partial charge >= 0.3 is 0 Å². The van der Waals surface area contributed by atoms with Crippen LogP contribution in [-0.2, 0) is 11.4 Å². The maximum absolute atomic E-state index is 12.5. The third kappa shape index (κ3) is 5.80. The summed E-state index contributed by atoms with van der Waals surface area (Å²) in [7, 11) is 0. The first-order valence-electron chi connectivity index (χ1n) is 8.71. The van der Waals surface area contributed by atoms with Crippen molar-refractivity contribution in [1.29, 1.82) is 5.26 Å². The highest BCUT2D eigenvalue weighted by atomic mass is 79.9. The Morgan fingerprint density at radius 3 is 2.34 bits per heavy atom. The molecule has 0 bridgehead atoms. The van der Waals surface area contributed by atoms with E-state index in [-0.39, 0.29) is 5.57 Å². The second-order valence-corrected chi connectivity index (χ2v) is 7.84. The van der Waals surface area contributed by atoms with Crippen LogP contribution in [0.4, 0.5) is 5.69 Å². The molecule has 0 saturated carbocycles. The molecule has 0 spiro atoms. The maximum Gasteiger partial charge on any atom is 0.266 e. The van der Waals surface area contributed by atoms with E-state index in [1.54, 1.807) is 18.2 Å². The van der Waals surface area contributed by atoms with Gasteiger partial charge in [0.15, 0.2) is 0 Å². The van der Waals surface area contributed by atoms with Crippen molar-refractivity contribution in [3.05, 3.63) is 98.4 Å². The minimum atomic E-state index is -0.483. The van der Waals surface area contributed by atoms with Crippen LogP contribution in [0.2, 0.25) is 0 Å². The fourth-order valence-electron chi connectivity index (χ4n) is 2.59. The molecule has 3 aromatic carbocycles. The highest BCUT2D eigenvalue weighted by Gasteiger charge is 2.14. The van der Waals surface area contributed by atoms with E-state index in [9.17, 15) is 10.1 Å². The smallest absolute Gasteiger partial charge is 0.266 e. The van der Waals surface area contributed by atoms with Crippen molar-refractivity contribution in [1.82, 2.24) is 0 Å². The molecule has 4 nitrogen and oxygen atoms in total. The van der Waals surface area contributed by atoms with Crippen molar-refractivity contribution in [3.8, 4) is 11.8 Å². The maximum atomic E-state index is 12.5. The molecule has 29 heavy (non-hydrogen) atoms. The van der Waals surface area contributed by atoms with Crippen molar-refractivity contribution in [2.45, 2.75) is 6.61 Å². The number of anilines is 1. The van der Waals surface area contributed by atoms with E-state index in [2.05, 4.69) is 37.2 Å². The number of para-hydroxylation sites is 1. The molecule has 144 valence electrons. The van der Waals surface area contributed by atoms with Gasteiger partial charge in [0.25, 0.3) is 5.91 Å². The minimum absolute atomic E-state index is 0.0246. The van der Waals surface area contributed by atoms with E-state index < -0.39 is 5.91 Å². The number of carbonyl (C=O) groups is 1. The Morgan fingerprint density at radius 2 is 1.69 bits per heavy atom. The second kappa shape index (κ2) is 10.1. The largest absolute Gasteiger partial charge is 0.487 e. The van der Waals surface area contributed by atoms with Crippen molar-refractivity contribution in [2.24, 2.45) is 0 Å². The number of amides is 1. The first kappa shape index (κ1) is 20.8. The van der Waals surface area contributed by atoms with Crippen LogP contribution in [0, 0.1) is 11.3 Å². The van der Waals surface area contributed by atoms with Gasteiger partial charge in [-0.15, -0.1) is 0 Å². The first-order chi connectivity index (χ1) is 14.1. The first-order valence-corrected chi connectivity index (χ1v) is 10.3. The van der Waals surface area contributed by atoms with Gasteiger partial charge in [0.2, 0.25) is 0 Å². The Labute approximate surface area is 186 Å². The predicted octanol–water partition coefficient (Wildman–Crippen LogP) is 6.34. The average Bonchev–Trinajstić information content (AvgIpc) is 2.72. The van der Waals surface area contributed by atoms with Crippen LogP contribution in [0.25, 0.3) is 6.08 Å². The van der Waals surface area contributed by atoms with Gasteiger partial charge in [-0.1, -0.05) is 64.5 Å². The van der Waals surface area contributed by atoms with Crippen LogP contribution in [0.15, 0.2) is 87.3 Å². The quantitative estimate of drug-likeness (QED) is 0.310. The second-order valence-electron chi connectivity index (χ2n) is 6.07. The molecular weight excluding hydrogens is 496 g/mol. The lowest BCUT2D eigenvalue weighted by Crippen LogP contribution is -2.13. The summed E-state index contributed by atoms with van der Waals surface area (Å²) in [5.74, 6) is 0.0705. The predicted molar refractivity (Wildman–Crippen MR) is 121 cm³/mol. The van der Waals surface area contributed by atoms with Gasteiger partial charge in [-0.05, 0) is 51.8 Å². The summed E-state index contributed by atoms with van der Waals surface area (Å²) < 4.78 is 7.51. The van der Waals surface area contributed by atoms with Crippen LogP contribution in [-0.4, -0.2) is 5.91 Å². The van der Waals surface area contributed by atoms with E-state index in [0.29, 0.717) is 23.6 Å². The Morgan fingerprint density at radius 1 is 1.03 bits per heavy atom. The van der Waals surface area contributed by atoms with Crippen LogP contribution >= 0.6 is 31.9 Å². The van der Waals surface area contributed by atoms with Crippen LogP contribution in [0.1, 0.15) is 11.1 Å². The number of halogens is 2. The fourth-order valence-corrected chi connectivity index (χ4v) is 3.97. The van der Waals surface area contributed by atoms with Gasteiger partial charge in [-0.2, -0.15) is 5.26 Å². The number of nitriles is 1. The van der Waals surface area contributed by atoms with Gasteiger partial charge < -0.3 is 10.1 Å². The standard InChI is InChI=1S/C23H16Br2N2O2/c24-19-12-17(11-18(14-26)23(28)27-20-9-5-2-6-10-20)22(21(25)13-19)29-15-16-7-3-1-4-8-16/h1-13H,15H2,(H,27,28)/b18-11+. The van der Waals surface area contributed by atoms with Gasteiger partial charge in [0.05, 0.1) is 4.47 Å². The lowest BCUT2D eigenvalue weighted by Gasteiger charge is -2.13. The van der Waals surface area contributed by atoms with E-state index in [1.165, 1.54) is 6.08 Å². The molecule has 0 aromatic heterocycles. The summed E-state index contributed by atoms with van der Waals surface area (Å²) in [4.78, 5) is 12.5. The number of hydrogen-bond acceptors (Lipinski definition) is 3. The van der Waals surface area contributed by atoms with E-state index in [4.69, 9.17) is 4.74 Å². The molecule has 3 rings (SSSR count). The van der Waals surface area contributed by atoms with Crippen molar-refractivity contribution < 1.29 is 9.53 Å². The Kier molecular flexibility index (Phi) is 7.23. The SMILES string of the molecule is N#C/C(=C\c1cc(Br)cc(Br)c1OCc1ccccc1)C(=O)Nc1ccccc1. The normalized spacial score (nSPS) is 10.9. The van der Waals surface area contributed by atoms with Gasteiger partial charge in [-0.25, -0.2) is 0 Å². The van der Waals surface area contributed by atoms with Crippen LogP contribution in [0.5, 0.6) is 5.75 Å². The van der Waals surface area contributed by atoms with E-state index >= 15 is 0 Å². The highest BCUT2D eigenvalue weighted by Crippen LogP contribution is 2.35. The molecule has 1 N–H and O–H groups in total. The van der Waals surface area contributed by atoms with Gasteiger partial charge in [0.1, 0.15) is 24.0 Å². The van der Waals surface area contributed by atoms with Crippen LogP contribution in [0.3, 0.4) is 0 Å². The molecule has 0 radical (unpaired) electrons. The number of hydrogen-bond donors (Lipinski definition) is 1. The molecule has 0 aliphatic heterocycles. The molecule has 0 saturated heterocycles. The Hall–Kier alpha value is -2.88. The number of ether oxygens (including phenoxy) is 1. The zero-order valence-electron chi connectivity index (χ0n) is 15.2. The number of benzene rings is 3. The third-order valence-corrected chi connectivity index (χ3v) is 5.01. The monoisotopic (exact) mass is 510 g/mol. The summed E-state index contributed by atoms with van der Waals surface area (Å²) in [6.07, 6.45) is 1.52.